The second kappa shape index (κ2) is 5.09. The fraction of sp³-hybridized carbons (Fsp3) is 0.462. The number of rotatable bonds is 5. The molecular formula is C13H16N2O4S2. The summed E-state index contributed by atoms with van der Waals surface area (Å²) in [5.41, 5.74) is 0.638. The summed E-state index contributed by atoms with van der Waals surface area (Å²) >= 11 is 0. The normalized spacial score (nSPS) is 17.2. The molecule has 6 nitrogen and oxygen atoms in total. The molecule has 0 saturated heterocycles. The first kappa shape index (κ1) is 15.9. The summed E-state index contributed by atoms with van der Waals surface area (Å²) in [5.74, 6) is 0. The molecule has 0 spiro atoms. The van der Waals surface area contributed by atoms with E-state index in [1.54, 1.807) is 19.1 Å². The van der Waals surface area contributed by atoms with Gasteiger partial charge in [0.2, 0.25) is 10.0 Å². The Balaban J connectivity index is 2.30. The predicted molar refractivity (Wildman–Crippen MR) is 77.9 cm³/mol. The quantitative estimate of drug-likeness (QED) is 0.857. The van der Waals surface area contributed by atoms with Gasteiger partial charge in [-0.05, 0) is 31.4 Å². The van der Waals surface area contributed by atoms with E-state index in [2.05, 4.69) is 4.72 Å². The number of sulfonamides is 1. The van der Waals surface area contributed by atoms with E-state index in [-0.39, 0.29) is 17.0 Å². The average Bonchev–Trinajstić information content (AvgIpc) is 3.17. The Morgan fingerprint density at radius 2 is 1.90 bits per heavy atom. The first-order valence-electron chi connectivity index (χ1n) is 6.32. The highest BCUT2D eigenvalue weighted by molar-refractivity contribution is 7.92. The van der Waals surface area contributed by atoms with Crippen molar-refractivity contribution in [1.82, 2.24) is 4.72 Å². The van der Waals surface area contributed by atoms with Gasteiger partial charge >= 0.3 is 0 Å². The molecule has 0 aliphatic heterocycles. The van der Waals surface area contributed by atoms with Crippen molar-refractivity contribution in [2.75, 3.05) is 12.8 Å². The van der Waals surface area contributed by atoms with Crippen LogP contribution in [-0.2, 0) is 19.9 Å². The first-order valence-corrected chi connectivity index (χ1v) is 9.69. The standard InChI is InChI=1S/C13H16N2O4S2/c1-10-4-3-5-12(11(10)8-14)21(18,19)15-9-13(6-7-13)20(2,16)17/h3-5,15H,6-7,9H2,1-2H3. The lowest BCUT2D eigenvalue weighted by Gasteiger charge is -2.15. The summed E-state index contributed by atoms with van der Waals surface area (Å²) in [4.78, 5) is -0.116. The molecule has 0 radical (unpaired) electrons. The second-order valence-corrected chi connectivity index (χ2v) is 9.49. The molecular weight excluding hydrogens is 312 g/mol. The van der Waals surface area contributed by atoms with Crippen molar-refractivity contribution < 1.29 is 16.8 Å². The predicted octanol–water partition coefficient (Wildman–Crippen LogP) is 0.722. The second-order valence-electron chi connectivity index (χ2n) is 5.34. The molecule has 1 aromatic rings. The number of hydrogen-bond donors (Lipinski definition) is 1. The Bertz CT molecular complexity index is 816. The summed E-state index contributed by atoms with van der Waals surface area (Å²) < 4.78 is 49.3. The molecule has 0 amide bonds. The summed E-state index contributed by atoms with van der Waals surface area (Å²) in [6, 6.07) is 6.42. The summed E-state index contributed by atoms with van der Waals surface area (Å²) in [6.07, 6.45) is 2.02. The topological polar surface area (TPSA) is 104 Å². The third kappa shape index (κ3) is 2.95. The molecule has 1 aliphatic rings. The van der Waals surface area contributed by atoms with Crippen LogP contribution in [0.2, 0.25) is 0 Å². The van der Waals surface area contributed by atoms with E-state index in [0.29, 0.717) is 18.4 Å². The summed E-state index contributed by atoms with van der Waals surface area (Å²) in [6.45, 7) is 1.49. The van der Waals surface area contributed by atoms with Crippen LogP contribution < -0.4 is 4.72 Å². The lowest BCUT2D eigenvalue weighted by Crippen LogP contribution is -2.38. The lowest BCUT2D eigenvalue weighted by molar-refractivity contribution is 0.566. The zero-order valence-corrected chi connectivity index (χ0v) is 13.4. The van der Waals surface area contributed by atoms with Gasteiger partial charge in [-0.25, -0.2) is 21.6 Å². The zero-order valence-electron chi connectivity index (χ0n) is 11.8. The van der Waals surface area contributed by atoms with E-state index in [1.165, 1.54) is 6.07 Å². The van der Waals surface area contributed by atoms with Crippen LogP contribution in [0.3, 0.4) is 0 Å². The van der Waals surface area contributed by atoms with E-state index in [4.69, 9.17) is 5.26 Å². The lowest BCUT2D eigenvalue weighted by atomic mass is 10.1. The van der Waals surface area contributed by atoms with Gasteiger partial charge in [0.05, 0.1) is 15.2 Å². The van der Waals surface area contributed by atoms with Crippen molar-refractivity contribution in [1.29, 1.82) is 5.26 Å². The highest BCUT2D eigenvalue weighted by atomic mass is 32.2. The fourth-order valence-electron chi connectivity index (χ4n) is 2.13. The van der Waals surface area contributed by atoms with Crippen molar-refractivity contribution >= 4 is 19.9 Å². The molecule has 1 aromatic carbocycles. The number of hydrogen-bond acceptors (Lipinski definition) is 5. The number of nitriles is 1. The number of sulfone groups is 1. The van der Waals surface area contributed by atoms with Crippen LogP contribution in [0.25, 0.3) is 0 Å². The van der Waals surface area contributed by atoms with Gasteiger partial charge in [0, 0.05) is 12.8 Å². The summed E-state index contributed by atoms with van der Waals surface area (Å²) in [7, 11) is -7.23. The molecule has 1 fully saturated rings. The minimum absolute atomic E-state index is 0.0780. The van der Waals surface area contributed by atoms with Crippen molar-refractivity contribution in [3.05, 3.63) is 29.3 Å². The van der Waals surface area contributed by atoms with Gasteiger partial charge in [-0.1, -0.05) is 12.1 Å². The molecule has 0 unspecified atom stereocenters. The maximum absolute atomic E-state index is 12.3. The molecule has 1 aliphatic carbocycles. The van der Waals surface area contributed by atoms with Gasteiger partial charge in [0.1, 0.15) is 6.07 Å². The highest BCUT2D eigenvalue weighted by Crippen LogP contribution is 2.42. The van der Waals surface area contributed by atoms with Crippen molar-refractivity contribution in [2.24, 2.45) is 0 Å². The van der Waals surface area contributed by atoms with Gasteiger partial charge in [-0.15, -0.1) is 0 Å². The fourth-order valence-corrected chi connectivity index (χ4v) is 4.75. The number of benzene rings is 1. The Hall–Kier alpha value is -1.43. The maximum Gasteiger partial charge on any atom is 0.241 e. The third-order valence-electron chi connectivity index (χ3n) is 3.81. The van der Waals surface area contributed by atoms with Crippen LogP contribution in [0.1, 0.15) is 24.0 Å². The van der Waals surface area contributed by atoms with Crippen molar-refractivity contribution in [3.63, 3.8) is 0 Å². The molecule has 114 valence electrons. The number of nitrogens with zero attached hydrogens (tertiary/aromatic N) is 1. The minimum atomic E-state index is -3.92. The largest absolute Gasteiger partial charge is 0.241 e. The molecule has 0 heterocycles. The summed E-state index contributed by atoms with van der Waals surface area (Å²) in [5, 5.41) is 9.09. The van der Waals surface area contributed by atoms with Crippen LogP contribution in [0.15, 0.2) is 23.1 Å². The SMILES string of the molecule is Cc1cccc(S(=O)(=O)NCC2(S(C)(=O)=O)CC2)c1C#N. The number of nitrogens with one attached hydrogen (secondary N) is 1. The molecule has 2 rings (SSSR count). The van der Waals surface area contributed by atoms with Gasteiger partial charge < -0.3 is 0 Å². The molecule has 0 bridgehead atoms. The Kier molecular flexibility index (Phi) is 3.86. The van der Waals surface area contributed by atoms with E-state index in [9.17, 15) is 16.8 Å². The van der Waals surface area contributed by atoms with E-state index >= 15 is 0 Å². The highest BCUT2D eigenvalue weighted by Gasteiger charge is 2.52. The molecule has 1 N–H and O–H groups in total. The monoisotopic (exact) mass is 328 g/mol. The Morgan fingerprint density at radius 3 is 2.38 bits per heavy atom. The third-order valence-corrected chi connectivity index (χ3v) is 7.38. The molecule has 0 atom stereocenters. The Morgan fingerprint density at radius 1 is 1.29 bits per heavy atom. The van der Waals surface area contributed by atoms with Crippen LogP contribution in [0.4, 0.5) is 0 Å². The van der Waals surface area contributed by atoms with Crippen LogP contribution in [0.5, 0.6) is 0 Å². The van der Waals surface area contributed by atoms with Gasteiger partial charge in [0.15, 0.2) is 9.84 Å². The van der Waals surface area contributed by atoms with Gasteiger partial charge in [-0.2, -0.15) is 5.26 Å². The van der Waals surface area contributed by atoms with Gasteiger partial charge in [-0.3, -0.25) is 0 Å². The Labute approximate surface area is 124 Å². The van der Waals surface area contributed by atoms with E-state index in [1.807, 2.05) is 6.07 Å². The van der Waals surface area contributed by atoms with Crippen LogP contribution >= 0.6 is 0 Å². The zero-order chi connectivity index (χ0) is 15.9. The molecule has 0 aromatic heterocycles. The maximum atomic E-state index is 12.3. The first-order chi connectivity index (χ1) is 9.63. The van der Waals surface area contributed by atoms with Crippen LogP contribution in [0, 0.1) is 18.3 Å². The van der Waals surface area contributed by atoms with E-state index < -0.39 is 24.6 Å². The van der Waals surface area contributed by atoms with Crippen LogP contribution in [-0.4, -0.2) is 34.4 Å². The minimum Gasteiger partial charge on any atom is -0.228 e. The van der Waals surface area contributed by atoms with Crippen molar-refractivity contribution in [2.45, 2.75) is 29.4 Å². The molecule has 8 heteroatoms. The number of aryl methyl sites for hydroxylation is 1. The molecule has 1 saturated carbocycles. The molecule has 21 heavy (non-hydrogen) atoms. The van der Waals surface area contributed by atoms with Gasteiger partial charge in [0.25, 0.3) is 0 Å². The smallest absolute Gasteiger partial charge is 0.228 e. The van der Waals surface area contributed by atoms with Crippen molar-refractivity contribution in [3.8, 4) is 6.07 Å². The average molecular weight is 328 g/mol. The van der Waals surface area contributed by atoms with E-state index in [0.717, 1.165) is 6.26 Å².